The molecule has 3 aliphatic rings. The van der Waals surface area contributed by atoms with E-state index in [1.54, 1.807) is 4.90 Å². The number of hydrogen-bond donors (Lipinski definition) is 2. The Hall–Kier alpha value is -1.79. The van der Waals surface area contributed by atoms with Crippen LogP contribution in [0.2, 0.25) is 0 Å². The fourth-order valence-electron chi connectivity index (χ4n) is 3.63. The van der Waals surface area contributed by atoms with E-state index in [1.807, 2.05) is 20.8 Å². The van der Waals surface area contributed by atoms with Crippen molar-refractivity contribution < 1.29 is 19.1 Å². The van der Waals surface area contributed by atoms with Gasteiger partial charge in [0.25, 0.3) is 0 Å². The predicted molar refractivity (Wildman–Crippen MR) is 73.4 cm³/mol. The van der Waals surface area contributed by atoms with Crippen LogP contribution in [0.3, 0.4) is 0 Å². The average molecular weight is 295 g/mol. The van der Waals surface area contributed by atoms with Gasteiger partial charge in [0.2, 0.25) is 5.91 Å². The van der Waals surface area contributed by atoms with Gasteiger partial charge < -0.3 is 15.0 Å². The third kappa shape index (κ3) is 2.34. The number of carbonyl (C=O) groups is 3. The van der Waals surface area contributed by atoms with E-state index in [-0.39, 0.29) is 29.4 Å². The summed E-state index contributed by atoms with van der Waals surface area (Å²) in [6.45, 7) is 6.65. The summed E-state index contributed by atoms with van der Waals surface area (Å²) in [4.78, 5) is 37.0. The number of nitrogens with zero attached hydrogens (tertiary/aromatic N) is 1. The van der Waals surface area contributed by atoms with Crippen LogP contribution in [0.5, 0.6) is 0 Å². The highest BCUT2D eigenvalue weighted by Gasteiger charge is 2.62. The summed E-state index contributed by atoms with van der Waals surface area (Å²) in [5.41, 5.74) is -0.692. The van der Waals surface area contributed by atoms with Crippen LogP contribution >= 0.6 is 0 Å². The van der Waals surface area contributed by atoms with Crippen LogP contribution in [-0.4, -0.2) is 47.7 Å². The van der Waals surface area contributed by atoms with Gasteiger partial charge in [-0.05, 0) is 33.6 Å². The van der Waals surface area contributed by atoms with Crippen LogP contribution in [0.1, 0.15) is 33.6 Å². The number of urea groups is 1. The standard InChI is InChI=1S/C14H21N3O4/c1-13(2,3)21-12(20)17-5-4-14(7-17)6-8-9(14)15-11(19)16-10(8)18/h8-9H,4-7H2,1-3H3,(H2,15,16,18,19). The zero-order chi connectivity index (χ0) is 15.4. The number of rotatable bonds is 0. The Morgan fingerprint density at radius 3 is 2.76 bits per heavy atom. The molecule has 4 amide bonds. The van der Waals surface area contributed by atoms with Gasteiger partial charge in [0.15, 0.2) is 0 Å². The Labute approximate surface area is 123 Å². The molecule has 7 nitrogen and oxygen atoms in total. The molecule has 116 valence electrons. The highest BCUT2D eigenvalue weighted by molar-refractivity contribution is 5.99. The van der Waals surface area contributed by atoms with Gasteiger partial charge in [-0.15, -0.1) is 0 Å². The third-order valence-corrected chi connectivity index (χ3v) is 4.59. The summed E-state index contributed by atoms with van der Waals surface area (Å²) in [5.74, 6) is -0.369. The van der Waals surface area contributed by atoms with Crippen LogP contribution in [0.4, 0.5) is 9.59 Å². The van der Waals surface area contributed by atoms with Gasteiger partial charge in [-0.25, -0.2) is 9.59 Å². The number of nitrogens with one attached hydrogen (secondary N) is 2. The molecule has 0 aromatic rings. The molecule has 1 spiro atoms. The molecule has 0 radical (unpaired) electrons. The van der Waals surface area contributed by atoms with Crippen molar-refractivity contribution in [3.8, 4) is 0 Å². The number of fused-ring (bicyclic) bond motifs is 2. The van der Waals surface area contributed by atoms with Gasteiger partial charge in [0.05, 0.1) is 5.92 Å². The summed E-state index contributed by atoms with van der Waals surface area (Å²) < 4.78 is 5.38. The quantitative estimate of drug-likeness (QED) is 0.693. The molecule has 3 atom stereocenters. The average Bonchev–Trinajstić information content (AvgIpc) is 2.77. The number of imide groups is 1. The highest BCUT2D eigenvalue weighted by atomic mass is 16.6. The van der Waals surface area contributed by atoms with Crippen LogP contribution in [0.25, 0.3) is 0 Å². The summed E-state index contributed by atoms with van der Waals surface area (Å²) >= 11 is 0. The van der Waals surface area contributed by atoms with Gasteiger partial charge in [-0.1, -0.05) is 0 Å². The molecular weight excluding hydrogens is 274 g/mol. The molecule has 2 saturated heterocycles. The first kappa shape index (κ1) is 14.2. The molecule has 3 fully saturated rings. The molecule has 2 N–H and O–H groups in total. The SMILES string of the molecule is CC(C)(C)OC(=O)N1CCC2(CC3C(=O)NC(=O)NC32)C1. The maximum Gasteiger partial charge on any atom is 0.410 e. The molecule has 3 unspecified atom stereocenters. The van der Waals surface area contributed by atoms with E-state index in [0.29, 0.717) is 19.5 Å². The molecule has 7 heteroatoms. The topological polar surface area (TPSA) is 87.7 Å². The molecule has 3 rings (SSSR count). The maximum absolute atomic E-state index is 12.1. The minimum atomic E-state index is -0.520. The minimum absolute atomic E-state index is 0.161. The molecule has 2 heterocycles. The molecule has 1 saturated carbocycles. The first-order valence-corrected chi connectivity index (χ1v) is 7.29. The zero-order valence-electron chi connectivity index (χ0n) is 12.6. The van der Waals surface area contributed by atoms with Gasteiger partial charge in [0, 0.05) is 24.5 Å². The van der Waals surface area contributed by atoms with E-state index in [1.165, 1.54) is 0 Å². The van der Waals surface area contributed by atoms with Crippen LogP contribution < -0.4 is 10.6 Å². The second-order valence-electron chi connectivity index (χ2n) is 7.27. The lowest BCUT2D eigenvalue weighted by molar-refractivity contribution is -0.136. The Bertz CT molecular complexity index is 513. The monoisotopic (exact) mass is 295 g/mol. The minimum Gasteiger partial charge on any atom is -0.444 e. The molecule has 2 aliphatic heterocycles. The normalized spacial score (nSPS) is 34.9. The van der Waals surface area contributed by atoms with E-state index in [2.05, 4.69) is 10.6 Å². The predicted octanol–water partition coefficient (Wildman–Crippen LogP) is 0.842. The smallest absolute Gasteiger partial charge is 0.410 e. The largest absolute Gasteiger partial charge is 0.444 e. The second-order valence-corrected chi connectivity index (χ2v) is 7.27. The first-order chi connectivity index (χ1) is 9.70. The first-order valence-electron chi connectivity index (χ1n) is 7.29. The molecule has 0 bridgehead atoms. The van der Waals surface area contributed by atoms with E-state index in [9.17, 15) is 14.4 Å². The lowest BCUT2D eigenvalue weighted by Gasteiger charge is -2.54. The van der Waals surface area contributed by atoms with E-state index in [4.69, 9.17) is 4.74 Å². The Kier molecular flexibility index (Phi) is 2.93. The van der Waals surface area contributed by atoms with Gasteiger partial charge >= 0.3 is 12.1 Å². The number of ether oxygens (including phenoxy) is 1. The van der Waals surface area contributed by atoms with Crippen LogP contribution in [0, 0.1) is 11.3 Å². The van der Waals surface area contributed by atoms with Gasteiger partial charge in [-0.2, -0.15) is 0 Å². The summed E-state index contributed by atoms with van der Waals surface area (Å²) in [7, 11) is 0. The van der Waals surface area contributed by atoms with Crippen molar-refractivity contribution in [2.24, 2.45) is 11.3 Å². The zero-order valence-corrected chi connectivity index (χ0v) is 12.6. The van der Waals surface area contributed by atoms with Crippen molar-refractivity contribution >= 4 is 18.0 Å². The van der Waals surface area contributed by atoms with Crippen molar-refractivity contribution in [3.05, 3.63) is 0 Å². The van der Waals surface area contributed by atoms with E-state index < -0.39 is 11.6 Å². The lowest BCUT2D eigenvalue weighted by atomic mass is 9.56. The Morgan fingerprint density at radius 2 is 2.10 bits per heavy atom. The van der Waals surface area contributed by atoms with Crippen molar-refractivity contribution in [3.63, 3.8) is 0 Å². The molecule has 0 aromatic heterocycles. The van der Waals surface area contributed by atoms with Crippen molar-refractivity contribution in [1.29, 1.82) is 0 Å². The molecule has 0 aromatic carbocycles. The molecule has 1 aliphatic carbocycles. The number of likely N-dealkylation sites (tertiary alicyclic amines) is 1. The van der Waals surface area contributed by atoms with Gasteiger partial charge in [0.1, 0.15) is 5.60 Å². The fourth-order valence-corrected chi connectivity index (χ4v) is 3.63. The molecule has 21 heavy (non-hydrogen) atoms. The Balaban J connectivity index is 1.66. The highest BCUT2D eigenvalue weighted by Crippen LogP contribution is 2.52. The molecular formula is C14H21N3O4. The van der Waals surface area contributed by atoms with Gasteiger partial charge in [-0.3, -0.25) is 10.1 Å². The fraction of sp³-hybridized carbons (Fsp3) is 0.786. The number of hydrogen-bond acceptors (Lipinski definition) is 4. The summed E-state index contributed by atoms with van der Waals surface area (Å²) in [6.07, 6.45) is 1.18. The summed E-state index contributed by atoms with van der Waals surface area (Å²) in [5, 5.41) is 5.12. The van der Waals surface area contributed by atoms with E-state index >= 15 is 0 Å². The number of amides is 4. The Morgan fingerprint density at radius 1 is 1.38 bits per heavy atom. The van der Waals surface area contributed by atoms with E-state index in [0.717, 1.165) is 6.42 Å². The van der Waals surface area contributed by atoms with Crippen LogP contribution in [-0.2, 0) is 9.53 Å². The van der Waals surface area contributed by atoms with Crippen LogP contribution in [0.15, 0.2) is 0 Å². The second kappa shape index (κ2) is 4.35. The van der Waals surface area contributed by atoms with Crippen molar-refractivity contribution in [2.75, 3.05) is 13.1 Å². The summed E-state index contributed by atoms with van der Waals surface area (Å²) in [6, 6.07) is -0.595. The third-order valence-electron chi connectivity index (χ3n) is 4.59. The lowest BCUT2D eigenvalue weighted by Crippen LogP contribution is -2.71. The van der Waals surface area contributed by atoms with Crippen molar-refractivity contribution in [1.82, 2.24) is 15.5 Å². The maximum atomic E-state index is 12.1. The van der Waals surface area contributed by atoms with Crippen molar-refractivity contribution in [2.45, 2.75) is 45.3 Å². The number of carbonyl (C=O) groups excluding carboxylic acids is 3.